The van der Waals surface area contributed by atoms with E-state index in [0.717, 1.165) is 25.4 Å². The number of aryl methyl sites for hydroxylation is 1. The highest BCUT2D eigenvalue weighted by molar-refractivity contribution is 7.99. The molecule has 1 amide bonds. The van der Waals surface area contributed by atoms with Gasteiger partial charge in [0.05, 0.1) is 0 Å². The van der Waals surface area contributed by atoms with Crippen LogP contribution in [-0.4, -0.2) is 34.0 Å². The van der Waals surface area contributed by atoms with E-state index in [1.54, 1.807) is 0 Å². The molecule has 0 aliphatic carbocycles. The number of rotatable bonds is 5. The van der Waals surface area contributed by atoms with Crippen LogP contribution >= 0.6 is 11.8 Å². The van der Waals surface area contributed by atoms with Gasteiger partial charge in [-0.1, -0.05) is 20.8 Å². The van der Waals surface area contributed by atoms with E-state index in [2.05, 4.69) is 22.1 Å². The van der Waals surface area contributed by atoms with E-state index in [1.807, 2.05) is 44.8 Å². The monoisotopic (exact) mass is 307 g/mol. The van der Waals surface area contributed by atoms with Crippen LogP contribution in [0.3, 0.4) is 0 Å². The fourth-order valence-electron chi connectivity index (χ4n) is 2.07. The Morgan fingerprint density at radius 1 is 1.52 bits per heavy atom. The van der Waals surface area contributed by atoms with E-state index in [9.17, 15) is 4.79 Å². The standard InChI is InChI=1S/C16H25N3OS/c1-5-16(3,4)15(20)18-14-8-13(12(2)9-17-14)10-19-6-7-21-11-19/h8-9H,5-7,10-11H2,1-4H3,(H,17,18,20). The molecule has 1 saturated heterocycles. The number of amides is 1. The number of aromatic nitrogens is 1. The van der Waals surface area contributed by atoms with Crippen LogP contribution in [0, 0.1) is 12.3 Å². The Hall–Kier alpha value is -1.07. The van der Waals surface area contributed by atoms with Gasteiger partial charge in [0.1, 0.15) is 5.82 Å². The Morgan fingerprint density at radius 2 is 2.29 bits per heavy atom. The van der Waals surface area contributed by atoms with Crippen molar-refractivity contribution in [2.24, 2.45) is 5.41 Å². The maximum absolute atomic E-state index is 12.2. The summed E-state index contributed by atoms with van der Waals surface area (Å²) < 4.78 is 0. The number of nitrogens with one attached hydrogen (secondary N) is 1. The first-order valence-corrected chi connectivity index (χ1v) is 8.65. The Bertz CT molecular complexity index is 510. The van der Waals surface area contributed by atoms with Gasteiger partial charge in [-0.05, 0) is 30.5 Å². The van der Waals surface area contributed by atoms with Crippen molar-refractivity contribution in [3.05, 3.63) is 23.4 Å². The normalized spacial score (nSPS) is 16.2. The Kier molecular flexibility index (Phi) is 5.27. The number of carbonyl (C=O) groups excluding carboxylic acids is 1. The minimum Gasteiger partial charge on any atom is -0.310 e. The molecule has 2 heterocycles. The quantitative estimate of drug-likeness (QED) is 0.907. The topological polar surface area (TPSA) is 45.2 Å². The van der Waals surface area contributed by atoms with Gasteiger partial charge in [-0.25, -0.2) is 4.98 Å². The summed E-state index contributed by atoms with van der Waals surface area (Å²) in [6.45, 7) is 10.1. The highest BCUT2D eigenvalue weighted by atomic mass is 32.2. The first kappa shape index (κ1) is 16.3. The predicted octanol–water partition coefficient (Wildman–Crippen LogP) is 3.27. The number of hydrogen-bond acceptors (Lipinski definition) is 4. The molecule has 0 saturated carbocycles. The van der Waals surface area contributed by atoms with Gasteiger partial charge in [0, 0.05) is 36.3 Å². The summed E-state index contributed by atoms with van der Waals surface area (Å²) in [7, 11) is 0. The molecule has 2 rings (SSSR count). The summed E-state index contributed by atoms with van der Waals surface area (Å²) in [5.74, 6) is 2.99. The van der Waals surface area contributed by atoms with Gasteiger partial charge >= 0.3 is 0 Å². The van der Waals surface area contributed by atoms with Crippen molar-refractivity contribution in [1.82, 2.24) is 9.88 Å². The van der Waals surface area contributed by atoms with E-state index >= 15 is 0 Å². The largest absolute Gasteiger partial charge is 0.310 e. The molecule has 1 fully saturated rings. The molecule has 1 N–H and O–H groups in total. The molecule has 5 heteroatoms. The first-order chi connectivity index (χ1) is 9.92. The summed E-state index contributed by atoms with van der Waals surface area (Å²) in [6.07, 6.45) is 2.66. The van der Waals surface area contributed by atoms with E-state index in [1.165, 1.54) is 16.9 Å². The molecular weight excluding hydrogens is 282 g/mol. The van der Waals surface area contributed by atoms with Gasteiger partial charge in [0.2, 0.25) is 5.91 Å². The van der Waals surface area contributed by atoms with Crippen LogP contribution in [0.4, 0.5) is 5.82 Å². The van der Waals surface area contributed by atoms with Gasteiger partial charge in [-0.3, -0.25) is 9.69 Å². The molecule has 1 aliphatic heterocycles. The fraction of sp³-hybridized carbons (Fsp3) is 0.625. The van der Waals surface area contributed by atoms with Crippen molar-refractivity contribution in [3.63, 3.8) is 0 Å². The third kappa shape index (κ3) is 4.20. The van der Waals surface area contributed by atoms with Crippen LogP contribution < -0.4 is 5.32 Å². The second-order valence-corrected chi connectivity index (χ2v) is 7.35. The minimum absolute atomic E-state index is 0.0315. The highest BCUT2D eigenvalue weighted by Crippen LogP contribution is 2.23. The van der Waals surface area contributed by atoms with Gasteiger partial charge < -0.3 is 5.32 Å². The van der Waals surface area contributed by atoms with Gasteiger partial charge in [0.25, 0.3) is 0 Å². The van der Waals surface area contributed by atoms with Gasteiger partial charge in [-0.15, -0.1) is 11.8 Å². The summed E-state index contributed by atoms with van der Waals surface area (Å²) >= 11 is 1.97. The lowest BCUT2D eigenvalue weighted by Crippen LogP contribution is -2.30. The van der Waals surface area contributed by atoms with Crippen LogP contribution in [0.15, 0.2) is 12.3 Å². The molecule has 0 radical (unpaired) electrons. The second kappa shape index (κ2) is 6.79. The van der Waals surface area contributed by atoms with Crippen molar-refractivity contribution in [2.75, 3.05) is 23.5 Å². The molecule has 0 unspecified atom stereocenters. The van der Waals surface area contributed by atoms with E-state index in [-0.39, 0.29) is 11.3 Å². The summed E-state index contributed by atoms with van der Waals surface area (Å²) in [5.41, 5.74) is 2.06. The molecule has 1 aromatic heterocycles. The lowest BCUT2D eigenvalue weighted by atomic mass is 9.89. The third-order valence-electron chi connectivity index (χ3n) is 4.17. The van der Waals surface area contributed by atoms with Crippen molar-refractivity contribution in [1.29, 1.82) is 0 Å². The van der Waals surface area contributed by atoms with Crippen LogP contribution in [0.2, 0.25) is 0 Å². The van der Waals surface area contributed by atoms with Gasteiger partial charge in [0.15, 0.2) is 0 Å². The zero-order chi connectivity index (χ0) is 15.5. The molecule has 1 aliphatic rings. The predicted molar refractivity (Wildman–Crippen MR) is 89.4 cm³/mol. The number of nitrogens with zero attached hydrogens (tertiary/aromatic N) is 2. The molecule has 0 spiro atoms. The zero-order valence-corrected chi connectivity index (χ0v) is 14.2. The molecule has 4 nitrogen and oxygen atoms in total. The summed E-state index contributed by atoms with van der Waals surface area (Å²) in [6, 6.07) is 2.02. The highest BCUT2D eigenvalue weighted by Gasteiger charge is 2.25. The fourth-order valence-corrected chi connectivity index (χ4v) is 3.06. The third-order valence-corrected chi connectivity index (χ3v) is 5.19. The smallest absolute Gasteiger partial charge is 0.231 e. The lowest BCUT2D eigenvalue weighted by Gasteiger charge is -2.22. The van der Waals surface area contributed by atoms with Crippen LogP contribution in [0.5, 0.6) is 0 Å². The average Bonchev–Trinajstić information content (AvgIpc) is 2.95. The summed E-state index contributed by atoms with van der Waals surface area (Å²) in [5, 5.41) is 2.95. The Labute approximate surface area is 131 Å². The van der Waals surface area contributed by atoms with Crippen LogP contribution in [0.25, 0.3) is 0 Å². The molecule has 21 heavy (non-hydrogen) atoms. The zero-order valence-electron chi connectivity index (χ0n) is 13.4. The molecule has 116 valence electrons. The molecule has 0 bridgehead atoms. The van der Waals surface area contributed by atoms with Gasteiger partial charge in [-0.2, -0.15) is 0 Å². The van der Waals surface area contributed by atoms with E-state index in [4.69, 9.17) is 0 Å². The SMILES string of the molecule is CCC(C)(C)C(=O)Nc1cc(CN2CCSC2)c(C)cn1. The van der Waals surface area contributed by atoms with Crippen LogP contribution in [-0.2, 0) is 11.3 Å². The number of pyridine rings is 1. The average molecular weight is 307 g/mol. The molecule has 0 aromatic carbocycles. The maximum atomic E-state index is 12.2. The minimum atomic E-state index is -0.363. The van der Waals surface area contributed by atoms with E-state index in [0.29, 0.717) is 5.82 Å². The van der Waals surface area contributed by atoms with Crippen molar-refractivity contribution >= 4 is 23.5 Å². The Morgan fingerprint density at radius 3 is 2.90 bits per heavy atom. The molecular formula is C16H25N3OS. The number of carbonyl (C=O) groups is 1. The lowest BCUT2D eigenvalue weighted by molar-refractivity contribution is -0.124. The number of hydrogen-bond donors (Lipinski definition) is 1. The van der Waals surface area contributed by atoms with Crippen molar-refractivity contribution < 1.29 is 4.79 Å². The number of thioether (sulfide) groups is 1. The molecule has 0 atom stereocenters. The van der Waals surface area contributed by atoms with Crippen molar-refractivity contribution in [2.45, 2.75) is 40.7 Å². The number of anilines is 1. The Balaban J connectivity index is 2.09. The second-order valence-electron chi connectivity index (χ2n) is 6.28. The van der Waals surface area contributed by atoms with Crippen molar-refractivity contribution in [3.8, 4) is 0 Å². The van der Waals surface area contributed by atoms with Crippen LogP contribution in [0.1, 0.15) is 38.3 Å². The molecule has 1 aromatic rings. The first-order valence-electron chi connectivity index (χ1n) is 7.49. The summed E-state index contributed by atoms with van der Waals surface area (Å²) in [4.78, 5) is 19.0. The maximum Gasteiger partial charge on any atom is 0.231 e. The van der Waals surface area contributed by atoms with E-state index < -0.39 is 0 Å².